The van der Waals surface area contributed by atoms with E-state index in [2.05, 4.69) is 0 Å². The van der Waals surface area contributed by atoms with Gasteiger partial charge >= 0.3 is 0 Å². The van der Waals surface area contributed by atoms with Gasteiger partial charge in [-0.05, 0) is 51.4 Å². The van der Waals surface area contributed by atoms with Crippen molar-refractivity contribution < 1.29 is 0 Å². The van der Waals surface area contributed by atoms with Gasteiger partial charge in [0, 0.05) is 11.4 Å². The van der Waals surface area contributed by atoms with Crippen LogP contribution < -0.4 is 0 Å². The third kappa shape index (κ3) is 17.7. The van der Waals surface area contributed by atoms with Gasteiger partial charge in [0.1, 0.15) is 0 Å². The standard InChI is InChI=1S/C32H60N2/c1-3-7-11-15-19-23-27-31(28-24-20-16-12-8-4-1)33-34-32-29-25-21-17-13-9-5-2-6-10-14-18-22-26-30-32/h1-30H2. The van der Waals surface area contributed by atoms with E-state index < -0.39 is 0 Å². The van der Waals surface area contributed by atoms with Crippen LogP contribution >= 0.6 is 0 Å². The van der Waals surface area contributed by atoms with E-state index in [9.17, 15) is 0 Å². The Bertz CT molecular complexity index is 425. The molecule has 0 saturated heterocycles. The van der Waals surface area contributed by atoms with E-state index in [1.54, 1.807) is 0 Å². The Balaban J connectivity index is 1.87. The second-order valence-corrected chi connectivity index (χ2v) is 11.5. The maximum Gasteiger partial charge on any atom is 0.0405 e. The molecule has 198 valence electrons. The van der Waals surface area contributed by atoms with Crippen molar-refractivity contribution in [1.29, 1.82) is 0 Å². The first kappa shape index (κ1) is 29.6. The quantitative estimate of drug-likeness (QED) is 0.339. The van der Waals surface area contributed by atoms with Crippen molar-refractivity contribution >= 4 is 11.4 Å². The summed E-state index contributed by atoms with van der Waals surface area (Å²) in [5.41, 5.74) is 2.82. The van der Waals surface area contributed by atoms with E-state index in [-0.39, 0.29) is 0 Å². The highest BCUT2D eigenvalue weighted by Crippen LogP contribution is 2.18. The van der Waals surface area contributed by atoms with Crippen LogP contribution in [0.4, 0.5) is 0 Å². The Hall–Kier alpha value is -0.660. The molecule has 2 fully saturated rings. The van der Waals surface area contributed by atoms with E-state index in [1.807, 2.05) is 0 Å². The molecule has 0 N–H and O–H groups in total. The summed E-state index contributed by atoms with van der Waals surface area (Å²) in [5, 5.41) is 9.89. The van der Waals surface area contributed by atoms with Crippen LogP contribution in [-0.4, -0.2) is 11.4 Å². The smallest absolute Gasteiger partial charge is 0.0405 e. The number of rotatable bonds is 1. The molecule has 0 bridgehead atoms. The molecular formula is C32H60N2. The van der Waals surface area contributed by atoms with Gasteiger partial charge in [-0.15, -0.1) is 0 Å². The first-order valence-electron chi connectivity index (χ1n) is 16.1. The summed E-state index contributed by atoms with van der Waals surface area (Å²) in [4.78, 5) is 0. The van der Waals surface area contributed by atoms with E-state index in [4.69, 9.17) is 10.2 Å². The molecule has 0 heterocycles. The van der Waals surface area contributed by atoms with Crippen LogP contribution in [0.3, 0.4) is 0 Å². The summed E-state index contributed by atoms with van der Waals surface area (Å²) in [6.07, 6.45) is 41.6. The molecule has 2 aliphatic carbocycles. The minimum absolute atomic E-state index is 1.19. The van der Waals surface area contributed by atoms with Gasteiger partial charge in [0.15, 0.2) is 0 Å². The third-order valence-electron chi connectivity index (χ3n) is 8.19. The predicted octanol–water partition coefficient (Wildman–Crippen LogP) is 11.5. The Morgan fingerprint density at radius 2 is 0.353 bits per heavy atom. The zero-order valence-corrected chi connectivity index (χ0v) is 23.1. The molecule has 0 aromatic rings. The van der Waals surface area contributed by atoms with E-state index >= 15 is 0 Å². The van der Waals surface area contributed by atoms with Gasteiger partial charge in [0.05, 0.1) is 0 Å². The highest BCUT2D eigenvalue weighted by Gasteiger charge is 2.05. The second kappa shape index (κ2) is 22.8. The zero-order chi connectivity index (χ0) is 23.8. The van der Waals surface area contributed by atoms with E-state index in [0.29, 0.717) is 0 Å². The van der Waals surface area contributed by atoms with Crippen LogP contribution in [0.2, 0.25) is 0 Å². The summed E-state index contributed by atoms with van der Waals surface area (Å²) < 4.78 is 0. The highest BCUT2D eigenvalue weighted by molar-refractivity contribution is 5.88. The highest BCUT2D eigenvalue weighted by atomic mass is 15.2. The topological polar surface area (TPSA) is 24.7 Å². The fourth-order valence-electron chi connectivity index (χ4n) is 5.80. The summed E-state index contributed by atoms with van der Waals surface area (Å²) in [6, 6.07) is 0. The summed E-state index contributed by atoms with van der Waals surface area (Å²) >= 11 is 0. The molecule has 2 heteroatoms. The number of nitrogens with zero attached hydrogens (tertiary/aromatic N) is 2. The summed E-state index contributed by atoms with van der Waals surface area (Å²) in [6.45, 7) is 0. The van der Waals surface area contributed by atoms with Crippen LogP contribution in [-0.2, 0) is 0 Å². The van der Waals surface area contributed by atoms with Gasteiger partial charge in [-0.1, -0.05) is 141 Å². The minimum Gasteiger partial charge on any atom is -0.160 e. The van der Waals surface area contributed by atoms with Gasteiger partial charge in [-0.2, -0.15) is 10.2 Å². The van der Waals surface area contributed by atoms with Crippen LogP contribution in [0, 0.1) is 0 Å². The zero-order valence-electron chi connectivity index (χ0n) is 23.1. The first-order chi connectivity index (χ1) is 16.9. The van der Waals surface area contributed by atoms with Crippen molar-refractivity contribution in [2.75, 3.05) is 0 Å². The summed E-state index contributed by atoms with van der Waals surface area (Å²) in [5.74, 6) is 0. The molecule has 34 heavy (non-hydrogen) atoms. The molecule has 0 atom stereocenters. The lowest BCUT2D eigenvalue weighted by atomic mass is 10.00. The summed E-state index contributed by atoms with van der Waals surface area (Å²) in [7, 11) is 0. The molecule has 0 amide bonds. The molecule has 0 aromatic carbocycles. The van der Waals surface area contributed by atoms with Crippen LogP contribution in [0.1, 0.15) is 193 Å². The third-order valence-corrected chi connectivity index (χ3v) is 8.19. The Kier molecular flexibility index (Phi) is 19.8. The SMILES string of the molecule is C1CCCCCCCC(=NN=C2CCCCCCCCCCCCCCC2)CCCCCCC1. The fraction of sp³-hybridized carbons (Fsp3) is 0.938. The van der Waals surface area contributed by atoms with Crippen LogP contribution in [0.15, 0.2) is 10.2 Å². The average Bonchev–Trinajstić information content (AvgIpc) is 2.84. The molecule has 2 aliphatic rings. The van der Waals surface area contributed by atoms with Crippen molar-refractivity contribution in [2.45, 2.75) is 193 Å². The van der Waals surface area contributed by atoms with Gasteiger partial charge in [-0.3, -0.25) is 0 Å². The maximum atomic E-state index is 4.94. The molecular weight excluding hydrogens is 412 g/mol. The molecule has 0 aromatic heterocycles. The van der Waals surface area contributed by atoms with Crippen molar-refractivity contribution in [2.24, 2.45) is 10.2 Å². The average molecular weight is 473 g/mol. The van der Waals surface area contributed by atoms with Gasteiger partial charge < -0.3 is 0 Å². The van der Waals surface area contributed by atoms with Crippen LogP contribution in [0.5, 0.6) is 0 Å². The van der Waals surface area contributed by atoms with Gasteiger partial charge in [0.25, 0.3) is 0 Å². The molecule has 0 unspecified atom stereocenters. The fourth-order valence-corrected chi connectivity index (χ4v) is 5.80. The largest absolute Gasteiger partial charge is 0.160 e. The lowest BCUT2D eigenvalue weighted by Crippen LogP contribution is -2.02. The van der Waals surface area contributed by atoms with Gasteiger partial charge in [0.2, 0.25) is 0 Å². The lowest BCUT2D eigenvalue weighted by Gasteiger charge is -2.09. The first-order valence-corrected chi connectivity index (χ1v) is 16.1. The molecule has 2 nitrogen and oxygen atoms in total. The van der Waals surface area contributed by atoms with Crippen molar-refractivity contribution in [3.05, 3.63) is 0 Å². The van der Waals surface area contributed by atoms with Gasteiger partial charge in [-0.25, -0.2) is 0 Å². The van der Waals surface area contributed by atoms with E-state index in [0.717, 1.165) is 0 Å². The Morgan fingerprint density at radius 1 is 0.206 bits per heavy atom. The normalized spacial score (nSPS) is 23.8. The molecule has 0 aliphatic heterocycles. The van der Waals surface area contributed by atoms with Crippen molar-refractivity contribution in [3.8, 4) is 0 Å². The molecule has 2 rings (SSSR count). The molecule has 0 radical (unpaired) electrons. The van der Waals surface area contributed by atoms with E-state index in [1.165, 1.54) is 204 Å². The number of hydrogen-bond acceptors (Lipinski definition) is 2. The minimum atomic E-state index is 1.19. The number of hydrogen-bond donors (Lipinski definition) is 0. The van der Waals surface area contributed by atoms with Crippen molar-refractivity contribution in [1.82, 2.24) is 0 Å². The van der Waals surface area contributed by atoms with Crippen molar-refractivity contribution in [3.63, 3.8) is 0 Å². The molecule has 0 spiro atoms. The molecule has 2 saturated carbocycles. The predicted molar refractivity (Wildman–Crippen MR) is 153 cm³/mol. The Morgan fingerprint density at radius 3 is 0.529 bits per heavy atom. The lowest BCUT2D eigenvalue weighted by molar-refractivity contribution is 0.534. The van der Waals surface area contributed by atoms with Crippen LogP contribution in [0.25, 0.3) is 0 Å². The maximum absolute atomic E-state index is 4.94. The second-order valence-electron chi connectivity index (χ2n) is 11.5. The Labute approximate surface area is 214 Å². The monoisotopic (exact) mass is 472 g/mol.